The SMILES string of the molecule is COc1ccc(/C=N\N=C2/C(=O)N(Cc3ccccc3)c3ccccc32)cc1. The van der Waals surface area contributed by atoms with Crippen LogP contribution in [0.1, 0.15) is 16.7 Å². The molecular weight excluding hydrogens is 350 g/mol. The van der Waals surface area contributed by atoms with Gasteiger partial charge < -0.3 is 9.64 Å². The maximum Gasteiger partial charge on any atom is 0.279 e. The molecule has 1 amide bonds. The first-order chi connectivity index (χ1) is 13.8. The van der Waals surface area contributed by atoms with E-state index < -0.39 is 0 Å². The lowest BCUT2D eigenvalue weighted by molar-refractivity contribution is -0.112. The number of para-hydroxylation sites is 1. The van der Waals surface area contributed by atoms with Crippen molar-refractivity contribution in [2.75, 3.05) is 12.0 Å². The lowest BCUT2D eigenvalue weighted by Gasteiger charge is -2.16. The van der Waals surface area contributed by atoms with Gasteiger partial charge in [-0.3, -0.25) is 4.79 Å². The van der Waals surface area contributed by atoms with E-state index in [2.05, 4.69) is 10.2 Å². The molecule has 0 bridgehead atoms. The number of hydrogen-bond acceptors (Lipinski definition) is 4. The number of carbonyl (C=O) groups is 1. The van der Waals surface area contributed by atoms with Crippen molar-refractivity contribution in [3.63, 3.8) is 0 Å². The third-order valence-electron chi connectivity index (χ3n) is 4.56. The number of anilines is 1. The van der Waals surface area contributed by atoms with Crippen LogP contribution in [0.4, 0.5) is 5.69 Å². The molecule has 0 aliphatic carbocycles. The van der Waals surface area contributed by atoms with Crippen molar-refractivity contribution in [3.05, 3.63) is 95.6 Å². The van der Waals surface area contributed by atoms with Gasteiger partial charge in [-0.25, -0.2) is 0 Å². The van der Waals surface area contributed by atoms with Gasteiger partial charge in [-0.15, -0.1) is 5.10 Å². The molecule has 0 aromatic heterocycles. The van der Waals surface area contributed by atoms with E-state index in [-0.39, 0.29) is 5.91 Å². The van der Waals surface area contributed by atoms with Gasteiger partial charge in [0.1, 0.15) is 5.75 Å². The van der Waals surface area contributed by atoms with Crippen LogP contribution in [0.2, 0.25) is 0 Å². The Balaban J connectivity index is 1.61. The van der Waals surface area contributed by atoms with E-state index >= 15 is 0 Å². The molecule has 5 nitrogen and oxygen atoms in total. The molecule has 28 heavy (non-hydrogen) atoms. The smallest absolute Gasteiger partial charge is 0.279 e. The minimum absolute atomic E-state index is 0.142. The molecule has 0 saturated heterocycles. The lowest BCUT2D eigenvalue weighted by atomic mass is 10.1. The number of amides is 1. The van der Waals surface area contributed by atoms with Crippen LogP contribution in [-0.2, 0) is 11.3 Å². The number of carbonyl (C=O) groups excluding carboxylic acids is 1. The number of rotatable bonds is 5. The zero-order valence-electron chi connectivity index (χ0n) is 15.4. The first-order valence-corrected chi connectivity index (χ1v) is 8.96. The van der Waals surface area contributed by atoms with Crippen molar-refractivity contribution in [1.29, 1.82) is 0 Å². The van der Waals surface area contributed by atoms with Crippen LogP contribution >= 0.6 is 0 Å². The van der Waals surface area contributed by atoms with Crippen molar-refractivity contribution >= 4 is 23.5 Å². The second kappa shape index (κ2) is 7.88. The van der Waals surface area contributed by atoms with Gasteiger partial charge in [0.15, 0.2) is 5.71 Å². The van der Waals surface area contributed by atoms with E-state index in [1.54, 1.807) is 18.2 Å². The van der Waals surface area contributed by atoms with Crippen LogP contribution in [0.5, 0.6) is 5.75 Å². The largest absolute Gasteiger partial charge is 0.497 e. The molecule has 5 heteroatoms. The second-order valence-electron chi connectivity index (χ2n) is 6.36. The molecule has 0 N–H and O–H groups in total. The molecule has 1 heterocycles. The molecule has 4 rings (SSSR count). The monoisotopic (exact) mass is 369 g/mol. The van der Waals surface area contributed by atoms with Gasteiger partial charge in [0.25, 0.3) is 5.91 Å². The highest BCUT2D eigenvalue weighted by molar-refractivity contribution is 6.54. The molecule has 138 valence electrons. The van der Waals surface area contributed by atoms with Crippen LogP contribution in [-0.4, -0.2) is 24.9 Å². The van der Waals surface area contributed by atoms with Crippen LogP contribution < -0.4 is 9.64 Å². The Labute approximate surface area is 163 Å². The lowest BCUT2D eigenvalue weighted by Crippen LogP contribution is -2.29. The highest BCUT2D eigenvalue weighted by atomic mass is 16.5. The molecular formula is C23H19N3O2. The zero-order valence-corrected chi connectivity index (χ0v) is 15.4. The summed E-state index contributed by atoms with van der Waals surface area (Å²) in [6, 6.07) is 25.1. The molecule has 0 saturated carbocycles. The number of ether oxygens (including phenoxy) is 1. The first kappa shape index (κ1) is 17.7. The predicted molar refractivity (Wildman–Crippen MR) is 111 cm³/mol. The normalized spacial score (nSPS) is 14.7. The summed E-state index contributed by atoms with van der Waals surface area (Å²) in [5, 5.41) is 8.38. The summed E-state index contributed by atoms with van der Waals surface area (Å²) in [6.07, 6.45) is 1.63. The van der Waals surface area contributed by atoms with E-state index in [0.29, 0.717) is 12.3 Å². The Kier molecular flexibility index (Phi) is 4.97. The van der Waals surface area contributed by atoms with Crippen LogP contribution in [0.25, 0.3) is 0 Å². The van der Waals surface area contributed by atoms with Crippen molar-refractivity contribution in [2.45, 2.75) is 6.54 Å². The average molecular weight is 369 g/mol. The first-order valence-electron chi connectivity index (χ1n) is 8.96. The van der Waals surface area contributed by atoms with Gasteiger partial charge >= 0.3 is 0 Å². The summed E-state index contributed by atoms with van der Waals surface area (Å²) in [6.45, 7) is 0.498. The van der Waals surface area contributed by atoms with Gasteiger partial charge in [0.2, 0.25) is 0 Å². The van der Waals surface area contributed by atoms with Gasteiger partial charge in [0, 0.05) is 5.56 Å². The van der Waals surface area contributed by atoms with Crippen molar-refractivity contribution in [3.8, 4) is 5.75 Å². The maximum absolute atomic E-state index is 13.0. The third kappa shape index (κ3) is 3.55. The Hall–Kier alpha value is -3.73. The number of nitrogens with zero attached hydrogens (tertiary/aromatic N) is 3. The molecule has 0 atom stereocenters. The molecule has 0 unspecified atom stereocenters. The minimum Gasteiger partial charge on any atom is -0.497 e. The van der Waals surface area contributed by atoms with E-state index in [9.17, 15) is 4.79 Å². The fourth-order valence-electron chi connectivity index (χ4n) is 3.12. The summed E-state index contributed by atoms with van der Waals surface area (Å²) in [5.74, 6) is 0.636. The highest BCUT2D eigenvalue weighted by Crippen LogP contribution is 2.30. The maximum atomic E-state index is 13.0. The summed E-state index contributed by atoms with van der Waals surface area (Å²) < 4.78 is 5.15. The quantitative estimate of drug-likeness (QED) is 0.503. The molecule has 1 aliphatic heterocycles. The third-order valence-corrected chi connectivity index (χ3v) is 4.56. The molecule has 3 aromatic rings. The topological polar surface area (TPSA) is 54.3 Å². The molecule has 1 aliphatic rings. The summed E-state index contributed by atoms with van der Waals surface area (Å²) >= 11 is 0. The summed E-state index contributed by atoms with van der Waals surface area (Å²) in [5.41, 5.74) is 3.96. The van der Waals surface area contributed by atoms with Crippen LogP contribution in [0.3, 0.4) is 0 Å². The van der Waals surface area contributed by atoms with Gasteiger partial charge in [-0.05, 0) is 41.5 Å². The zero-order chi connectivity index (χ0) is 19.3. The fraction of sp³-hybridized carbons (Fsp3) is 0.0870. The van der Waals surface area contributed by atoms with Crippen LogP contribution in [0, 0.1) is 0 Å². The van der Waals surface area contributed by atoms with E-state index in [0.717, 1.165) is 28.1 Å². The summed E-state index contributed by atoms with van der Waals surface area (Å²) in [4.78, 5) is 14.7. The predicted octanol–water partition coefficient (Wildman–Crippen LogP) is 4.07. The molecule has 0 spiro atoms. The minimum atomic E-state index is -0.142. The standard InChI is InChI=1S/C23H19N3O2/c1-28-19-13-11-17(12-14-19)15-24-25-22-20-9-5-6-10-21(20)26(23(22)27)16-18-7-3-2-4-8-18/h2-15H,16H2,1H3/b24-15-,25-22-. The number of methoxy groups -OCH3 is 1. The summed E-state index contributed by atoms with van der Waals surface area (Å²) in [7, 11) is 1.62. The number of hydrogen-bond donors (Lipinski definition) is 0. The second-order valence-corrected chi connectivity index (χ2v) is 6.36. The van der Waals surface area contributed by atoms with Gasteiger partial charge in [-0.2, -0.15) is 5.10 Å². The average Bonchev–Trinajstić information content (AvgIpc) is 3.01. The van der Waals surface area contributed by atoms with E-state index in [4.69, 9.17) is 4.74 Å². The van der Waals surface area contributed by atoms with Gasteiger partial charge in [-0.1, -0.05) is 48.5 Å². The Bertz CT molecular complexity index is 1040. The molecule has 3 aromatic carbocycles. The van der Waals surface area contributed by atoms with Gasteiger partial charge in [0.05, 0.1) is 25.6 Å². The number of fused-ring (bicyclic) bond motifs is 1. The Morgan fingerprint density at radius 3 is 2.39 bits per heavy atom. The van der Waals surface area contributed by atoms with E-state index in [1.807, 2.05) is 78.9 Å². The van der Waals surface area contributed by atoms with Crippen molar-refractivity contribution in [1.82, 2.24) is 0 Å². The molecule has 0 fully saturated rings. The Morgan fingerprint density at radius 1 is 0.929 bits per heavy atom. The fourth-order valence-corrected chi connectivity index (χ4v) is 3.12. The highest BCUT2D eigenvalue weighted by Gasteiger charge is 2.33. The van der Waals surface area contributed by atoms with E-state index in [1.165, 1.54) is 0 Å². The Morgan fingerprint density at radius 2 is 1.64 bits per heavy atom. The van der Waals surface area contributed by atoms with Crippen LogP contribution in [0.15, 0.2) is 89.1 Å². The number of benzene rings is 3. The van der Waals surface area contributed by atoms with Crippen molar-refractivity contribution < 1.29 is 9.53 Å². The molecule has 0 radical (unpaired) electrons. The van der Waals surface area contributed by atoms with Crippen molar-refractivity contribution in [2.24, 2.45) is 10.2 Å².